The number of likely N-dealkylation sites (tertiary alicyclic amines) is 1. The Morgan fingerprint density at radius 3 is 3.00 bits per heavy atom. The molecule has 0 aromatic carbocycles. The molecule has 1 aromatic rings. The fourth-order valence-electron chi connectivity index (χ4n) is 2.80. The van der Waals surface area contributed by atoms with Gasteiger partial charge in [-0.15, -0.1) is 0 Å². The molecule has 2 aliphatic rings. The minimum absolute atomic E-state index is 0.00857. The smallest absolute Gasteiger partial charge is 0.250 e. The first-order valence-electron chi connectivity index (χ1n) is 8.00. The van der Waals surface area contributed by atoms with Crippen LogP contribution in [0.5, 0.6) is 5.88 Å². The van der Waals surface area contributed by atoms with Crippen molar-refractivity contribution in [1.29, 1.82) is 0 Å². The van der Waals surface area contributed by atoms with Gasteiger partial charge in [0.1, 0.15) is 6.10 Å². The standard InChI is InChI=1S/C16H21FN2O4/c17-13-5-1-6-18-16(13)23-12-4-2-7-19(11-12)14(20)10-15-21-8-3-9-22-15/h1,5-6,12,15H,2-4,7-11H2/t12-/m1/s1. The fraction of sp³-hybridized carbons (Fsp3) is 0.625. The van der Waals surface area contributed by atoms with Crippen LogP contribution in [0.2, 0.25) is 0 Å². The lowest BCUT2D eigenvalue weighted by Crippen LogP contribution is -2.46. The van der Waals surface area contributed by atoms with E-state index in [1.807, 2.05) is 0 Å². The summed E-state index contributed by atoms with van der Waals surface area (Å²) in [4.78, 5) is 18.0. The Hall–Kier alpha value is -1.73. The van der Waals surface area contributed by atoms with Gasteiger partial charge in [-0.25, -0.2) is 9.37 Å². The van der Waals surface area contributed by atoms with Gasteiger partial charge in [-0.2, -0.15) is 0 Å². The lowest BCUT2D eigenvalue weighted by molar-refractivity contribution is -0.187. The molecule has 3 heterocycles. The van der Waals surface area contributed by atoms with Crippen molar-refractivity contribution >= 4 is 5.91 Å². The van der Waals surface area contributed by atoms with E-state index in [2.05, 4.69) is 4.98 Å². The number of ether oxygens (including phenoxy) is 3. The van der Waals surface area contributed by atoms with Crippen molar-refractivity contribution in [3.8, 4) is 5.88 Å². The van der Waals surface area contributed by atoms with Crippen molar-refractivity contribution in [1.82, 2.24) is 9.88 Å². The van der Waals surface area contributed by atoms with Gasteiger partial charge in [0, 0.05) is 12.7 Å². The van der Waals surface area contributed by atoms with Gasteiger partial charge in [0.15, 0.2) is 12.1 Å². The number of piperidine rings is 1. The number of nitrogens with zero attached hydrogens (tertiary/aromatic N) is 2. The van der Waals surface area contributed by atoms with Crippen LogP contribution in [-0.4, -0.2) is 54.5 Å². The zero-order valence-corrected chi connectivity index (χ0v) is 12.9. The molecule has 0 aliphatic carbocycles. The third-order valence-electron chi connectivity index (χ3n) is 3.97. The highest BCUT2D eigenvalue weighted by Gasteiger charge is 2.28. The number of hydrogen-bond donors (Lipinski definition) is 0. The number of carbonyl (C=O) groups is 1. The second-order valence-electron chi connectivity index (χ2n) is 5.74. The minimum Gasteiger partial charge on any atom is -0.470 e. The SMILES string of the molecule is O=C(CC1OCCCO1)N1CCC[C@@H](Oc2ncccc2F)C1. The predicted octanol–water partition coefficient (Wildman–Crippen LogP) is 1.74. The molecule has 0 radical (unpaired) electrons. The highest BCUT2D eigenvalue weighted by molar-refractivity contribution is 5.76. The van der Waals surface area contributed by atoms with E-state index in [9.17, 15) is 9.18 Å². The van der Waals surface area contributed by atoms with Gasteiger partial charge in [-0.3, -0.25) is 4.79 Å². The molecule has 6 nitrogen and oxygen atoms in total. The molecule has 1 atom stereocenters. The molecule has 3 rings (SSSR count). The maximum absolute atomic E-state index is 13.6. The summed E-state index contributed by atoms with van der Waals surface area (Å²) < 4.78 is 30.1. The van der Waals surface area contributed by atoms with E-state index < -0.39 is 12.1 Å². The summed E-state index contributed by atoms with van der Waals surface area (Å²) >= 11 is 0. The second kappa shape index (κ2) is 7.70. The van der Waals surface area contributed by atoms with Gasteiger partial charge >= 0.3 is 0 Å². The first kappa shape index (κ1) is 16.1. The van der Waals surface area contributed by atoms with Crippen LogP contribution in [0.4, 0.5) is 4.39 Å². The summed E-state index contributed by atoms with van der Waals surface area (Å²) in [5.74, 6) is -0.516. The highest BCUT2D eigenvalue weighted by Crippen LogP contribution is 2.20. The summed E-state index contributed by atoms with van der Waals surface area (Å²) in [6.07, 6.45) is 3.45. The summed E-state index contributed by atoms with van der Waals surface area (Å²) in [6.45, 7) is 2.36. The summed E-state index contributed by atoms with van der Waals surface area (Å²) in [5, 5.41) is 0. The largest absolute Gasteiger partial charge is 0.470 e. The topological polar surface area (TPSA) is 60.9 Å². The molecule has 0 saturated carbocycles. The molecule has 23 heavy (non-hydrogen) atoms. The quantitative estimate of drug-likeness (QED) is 0.844. The van der Waals surface area contributed by atoms with Crippen LogP contribution < -0.4 is 4.74 Å². The summed E-state index contributed by atoms with van der Waals surface area (Å²) in [6, 6.07) is 2.83. The van der Waals surface area contributed by atoms with Gasteiger partial charge in [0.2, 0.25) is 5.91 Å². The lowest BCUT2D eigenvalue weighted by atomic mass is 10.1. The summed E-state index contributed by atoms with van der Waals surface area (Å²) in [7, 11) is 0. The average Bonchev–Trinajstić information content (AvgIpc) is 2.58. The molecule has 0 N–H and O–H groups in total. The molecule has 126 valence electrons. The highest BCUT2D eigenvalue weighted by atomic mass is 19.1. The molecule has 0 spiro atoms. The van der Waals surface area contributed by atoms with Crippen molar-refractivity contribution < 1.29 is 23.4 Å². The molecule has 2 fully saturated rings. The summed E-state index contributed by atoms with van der Waals surface area (Å²) in [5.41, 5.74) is 0. The van der Waals surface area contributed by atoms with Crippen molar-refractivity contribution in [3.63, 3.8) is 0 Å². The van der Waals surface area contributed by atoms with Gasteiger partial charge in [-0.05, 0) is 31.4 Å². The first-order chi connectivity index (χ1) is 11.2. The number of hydrogen-bond acceptors (Lipinski definition) is 5. The third-order valence-corrected chi connectivity index (χ3v) is 3.97. The van der Waals surface area contributed by atoms with Crippen LogP contribution in [0, 0.1) is 5.82 Å². The van der Waals surface area contributed by atoms with Crippen LogP contribution >= 0.6 is 0 Å². The maximum Gasteiger partial charge on any atom is 0.250 e. The number of rotatable bonds is 4. The zero-order valence-electron chi connectivity index (χ0n) is 12.9. The number of carbonyl (C=O) groups excluding carboxylic acids is 1. The van der Waals surface area contributed by atoms with E-state index in [-0.39, 0.29) is 24.3 Å². The van der Waals surface area contributed by atoms with Gasteiger partial charge < -0.3 is 19.1 Å². The Morgan fingerprint density at radius 2 is 2.22 bits per heavy atom. The monoisotopic (exact) mass is 324 g/mol. The van der Waals surface area contributed by atoms with Crippen LogP contribution in [0.1, 0.15) is 25.7 Å². The van der Waals surface area contributed by atoms with Crippen molar-refractivity contribution in [2.45, 2.75) is 38.1 Å². The number of amides is 1. The zero-order chi connectivity index (χ0) is 16.1. The molecular formula is C16H21FN2O4. The molecule has 0 bridgehead atoms. The van der Waals surface area contributed by atoms with E-state index in [1.54, 1.807) is 4.90 Å². The van der Waals surface area contributed by atoms with E-state index in [4.69, 9.17) is 14.2 Å². The minimum atomic E-state index is -0.486. The van der Waals surface area contributed by atoms with Crippen LogP contribution in [0.3, 0.4) is 0 Å². The van der Waals surface area contributed by atoms with Crippen LogP contribution in [0.15, 0.2) is 18.3 Å². The molecule has 1 amide bonds. The second-order valence-corrected chi connectivity index (χ2v) is 5.74. The van der Waals surface area contributed by atoms with Crippen LogP contribution in [-0.2, 0) is 14.3 Å². The van der Waals surface area contributed by atoms with Crippen LogP contribution in [0.25, 0.3) is 0 Å². The predicted molar refractivity (Wildman–Crippen MR) is 79.4 cm³/mol. The van der Waals surface area contributed by atoms with E-state index in [0.717, 1.165) is 19.3 Å². The third kappa shape index (κ3) is 4.39. The fourth-order valence-corrected chi connectivity index (χ4v) is 2.80. The molecule has 1 aromatic heterocycles. The molecular weight excluding hydrogens is 303 g/mol. The van der Waals surface area contributed by atoms with Crippen molar-refractivity contribution in [2.75, 3.05) is 26.3 Å². The number of halogens is 1. The first-order valence-corrected chi connectivity index (χ1v) is 8.00. The normalized spacial score (nSPS) is 22.8. The number of aromatic nitrogens is 1. The Morgan fingerprint density at radius 1 is 1.39 bits per heavy atom. The molecule has 2 aliphatic heterocycles. The van der Waals surface area contributed by atoms with Gasteiger partial charge in [0.25, 0.3) is 5.88 Å². The van der Waals surface area contributed by atoms with Crippen molar-refractivity contribution in [2.24, 2.45) is 0 Å². The van der Waals surface area contributed by atoms with Gasteiger partial charge in [0.05, 0.1) is 26.2 Å². The Balaban J connectivity index is 1.53. The van der Waals surface area contributed by atoms with E-state index in [0.29, 0.717) is 26.3 Å². The molecule has 0 unspecified atom stereocenters. The number of pyridine rings is 1. The Bertz CT molecular complexity index is 537. The Labute approximate surface area is 134 Å². The average molecular weight is 324 g/mol. The van der Waals surface area contributed by atoms with E-state index >= 15 is 0 Å². The van der Waals surface area contributed by atoms with Gasteiger partial charge in [-0.1, -0.05) is 0 Å². The van der Waals surface area contributed by atoms with Crippen molar-refractivity contribution in [3.05, 3.63) is 24.1 Å². The maximum atomic E-state index is 13.6. The molecule has 7 heteroatoms. The Kier molecular flexibility index (Phi) is 5.40. The molecule has 2 saturated heterocycles. The van der Waals surface area contributed by atoms with E-state index in [1.165, 1.54) is 18.3 Å². The lowest BCUT2D eigenvalue weighted by Gasteiger charge is -2.34.